The van der Waals surface area contributed by atoms with Gasteiger partial charge in [0, 0.05) is 11.1 Å². The van der Waals surface area contributed by atoms with Crippen molar-refractivity contribution < 1.29 is 9.90 Å². The predicted molar refractivity (Wildman–Crippen MR) is 38.2 cm³/mol. The summed E-state index contributed by atoms with van der Waals surface area (Å²) in [4.78, 5) is 15.0. The second-order valence-electron chi connectivity index (χ2n) is 1.96. The first-order valence-corrected chi connectivity index (χ1v) is 3.71. The second kappa shape index (κ2) is 2.79. The molecule has 0 bridgehead atoms. The summed E-state index contributed by atoms with van der Waals surface area (Å²) in [5, 5.41) is 8.53. The Balaban J connectivity index is 2.77. The van der Waals surface area contributed by atoms with Crippen LogP contribution in [0.1, 0.15) is 17.7 Å². The molecule has 0 saturated carbocycles. The molecule has 0 aromatic carbocycles. The minimum atomic E-state index is -0.802. The summed E-state index contributed by atoms with van der Waals surface area (Å²) < 4.78 is 0. The fourth-order valence-corrected chi connectivity index (χ4v) is 1.23. The molecule has 0 saturated heterocycles. The topological polar surface area (TPSA) is 50.2 Å². The zero-order chi connectivity index (χ0) is 7.56. The number of hydrogen-bond donors (Lipinski definition) is 1. The van der Waals surface area contributed by atoms with Crippen LogP contribution < -0.4 is 0 Å². The molecular weight excluding hydrogens is 150 g/mol. The predicted octanol–water partition coefficient (Wildman–Crippen LogP) is 1.33. The first-order chi connectivity index (χ1) is 4.72. The van der Waals surface area contributed by atoms with E-state index in [1.165, 1.54) is 11.3 Å². The van der Waals surface area contributed by atoms with Crippen LogP contribution in [0, 0.1) is 0 Å². The van der Waals surface area contributed by atoms with Gasteiger partial charge in [-0.05, 0) is 6.92 Å². The lowest BCUT2D eigenvalue weighted by Gasteiger charge is -1.98. The Morgan fingerprint density at radius 3 is 3.00 bits per heavy atom. The van der Waals surface area contributed by atoms with Crippen LogP contribution in [0.5, 0.6) is 0 Å². The van der Waals surface area contributed by atoms with Gasteiger partial charge in [-0.1, -0.05) is 0 Å². The maximum atomic E-state index is 10.4. The number of carboxylic acids is 1. The molecule has 1 N–H and O–H groups in total. The number of hydrogen-bond acceptors (Lipinski definition) is 3. The van der Waals surface area contributed by atoms with Crippen molar-refractivity contribution in [1.29, 1.82) is 0 Å². The van der Waals surface area contributed by atoms with Gasteiger partial charge in [-0.3, -0.25) is 9.78 Å². The van der Waals surface area contributed by atoms with Gasteiger partial charge in [-0.2, -0.15) is 0 Å². The summed E-state index contributed by atoms with van der Waals surface area (Å²) in [5.74, 6) is -1.23. The Kier molecular flexibility index (Phi) is 2.01. The Hall–Kier alpha value is -0.900. The summed E-state index contributed by atoms with van der Waals surface area (Å²) in [6.07, 6.45) is 1.59. The number of carbonyl (C=O) groups is 1. The Labute approximate surface area is 62.3 Å². The van der Waals surface area contributed by atoms with Gasteiger partial charge in [0.1, 0.15) is 0 Å². The third kappa shape index (κ3) is 1.33. The average Bonchev–Trinajstić information content (AvgIpc) is 2.36. The van der Waals surface area contributed by atoms with Crippen LogP contribution in [0.3, 0.4) is 0 Å². The maximum Gasteiger partial charge on any atom is 0.311 e. The van der Waals surface area contributed by atoms with E-state index in [4.69, 9.17) is 5.11 Å². The van der Waals surface area contributed by atoms with E-state index in [0.29, 0.717) is 0 Å². The van der Waals surface area contributed by atoms with Crippen LogP contribution in [0.2, 0.25) is 0 Å². The van der Waals surface area contributed by atoms with Gasteiger partial charge in [-0.25, -0.2) is 0 Å². The molecule has 0 aliphatic carbocycles. The maximum absolute atomic E-state index is 10.4. The quantitative estimate of drug-likeness (QED) is 0.704. The smallest absolute Gasteiger partial charge is 0.311 e. The van der Waals surface area contributed by atoms with Crippen LogP contribution >= 0.6 is 11.3 Å². The fraction of sp³-hybridized carbons (Fsp3) is 0.333. The molecule has 0 radical (unpaired) electrons. The van der Waals surface area contributed by atoms with Gasteiger partial charge in [0.25, 0.3) is 0 Å². The van der Waals surface area contributed by atoms with Crippen LogP contribution in [0.15, 0.2) is 11.7 Å². The van der Waals surface area contributed by atoms with Gasteiger partial charge in [0.05, 0.1) is 11.4 Å². The van der Waals surface area contributed by atoms with Crippen molar-refractivity contribution in [3.05, 3.63) is 16.6 Å². The minimum Gasteiger partial charge on any atom is -0.481 e. The van der Waals surface area contributed by atoms with Crippen LogP contribution in [-0.4, -0.2) is 16.1 Å². The molecule has 1 rings (SSSR count). The van der Waals surface area contributed by atoms with Gasteiger partial charge in [-0.15, -0.1) is 11.3 Å². The summed E-state index contributed by atoms with van der Waals surface area (Å²) in [5.41, 5.74) is 1.63. The van der Waals surface area contributed by atoms with Gasteiger partial charge < -0.3 is 5.11 Å². The van der Waals surface area contributed by atoms with Crippen molar-refractivity contribution in [3.8, 4) is 0 Å². The summed E-state index contributed by atoms with van der Waals surface area (Å²) in [6.45, 7) is 1.65. The molecule has 0 spiro atoms. The molecule has 0 unspecified atom stereocenters. The summed E-state index contributed by atoms with van der Waals surface area (Å²) >= 11 is 1.37. The number of nitrogens with zero attached hydrogens (tertiary/aromatic N) is 1. The zero-order valence-corrected chi connectivity index (χ0v) is 6.26. The number of aromatic nitrogens is 1. The van der Waals surface area contributed by atoms with E-state index in [9.17, 15) is 4.79 Å². The molecule has 4 heteroatoms. The number of carboxylic acid groups (broad SMARTS) is 1. The molecule has 1 aromatic heterocycles. The second-order valence-corrected chi connectivity index (χ2v) is 2.88. The third-order valence-corrected chi connectivity index (χ3v) is 2.21. The van der Waals surface area contributed by atoms with Crippen molar-refractivity contribution in [1.82, 2.24) is 4.98 Å². The first kappa shape index (κ1) is 7.21. The summed E-state index contributed by atoms with van der Waals surface area (Å²) in [6, 6.07) is 0. The highest BCUT2D eigenvalue weighted by atomic mass is 32.1. The molecule has 0 aliphatic rings. The lowest BCUT2D eigenvalue weighted by Crippen LogP contribution is -2.05. The fourth-order valence-electron chi connectivity index (χ4n) is 0.561. The van der Waals surface area contributed by atoms with E-state index in [2.05, 4.69) is 4.98 Å². The van der Waals surface area contributed by atoms with Crippen molar-refractivity contribution >= 4 is 17.3 Å². The average molecular weight is 157 g/mol. The standard InChI is InChI=1S/C6H7NO2S/c1-4(6(8)9)5-2-7-3-10-5/h2-4H,1H3,(H,8,9)/t4-/m0/s1. The highest BCUT2D eigenvalue weighted by Gasteiger charge is 2.14. The normalized spacial score (nSPS) is 12.9. The number of aliphatic carboxylic acids is 1. The zero-order valence-electron chi connectivity index (χ0n) is 5.44. The molecule has 3 nitrogen and oxygen atoms in total. The van der Waals surface area contributed by atoms with Crippen LogP contribution in [-0.2, 0) is 4.79 Å². The van der Waals surface area contributed by atoms with Gasteiger partial charge in [0.2, 0.25) is 0 Å². The molecule has 1 aromatic rings. The molecule has 1 heterocycles. The Morgan fingerprint density at radius 1 is 1.90 bits per heavy atom. The Morgan fingerprint density at radius 2 is 2.60 bits per heavy atom. The van der Waals surface area contributed by atoms with Gasteiger partial charge >= 0.3 is 5.97 Å². The third-order valence-electron chi connectivity index (χ3n) is 1.25. The van der Waals surface area contributed by atoms with E-state index in [-0.39, 0.29) is 0 Å². The van der Waals surface area contributed by atoms with E-state index in [1.54, 1.807) is 18.6 Å². The highest BCUT2D eigenvalue weighted by molar-refractivity contribution is 7.09. The first-order valence-electron chi connectivity index (χ1n) is 2.83. The molecule has 1 atom stereocenters. The molecular formula is C6H7NO2S. The highest BCUT2D eigenvalue weighted by Crippen LogP contribution is 2.18. The van der Waals surface area contributed by atoms with E-state index in [1.807, 2.05) is 0 Å². The number of rotatable bonds is 2. The van der Waals surface area contributed by atoms with E-state index in [0.717, 1.165) is 4.88 Å². The largest absolute Gasteiger partial charge is 0.481 e. The molecule has 54 valence electrons. The SMILES string of the molecule is C[C@H](C(=O)O)c1cncs1. The van der Waals surface area contributed by atoms with E-state index < -0.39 is 11.9 Å². The molecule has 0 fully saturated rings. The number of thiazole rings is 1. The lowest BCUT2D eigenvalue weighted by atomic mass is 10.2. The van der Waals surface area contributed by atoms with Crippen molar-refractivity contribution in [2.45, 2.75) is 12.8 Å². The van der Waals surface area contributed by atoms with Gasteiger partial charge in [0.15, 0.2) is 0 Å². The summed E-state index contributed by atoms with van der Waals surface area (Å²) in [7, 11) is 0. The molecule has 10 heavy (non-hydrogen) atoms. The van der Waals surface area contributed by atoms with Crippen molar-refractivity contribution in [3.63, 3.8) is 0 Å². The molecule has 0 aliphatic heterocycles. The Bertz CT molecular complexity index is 220. The van der Waals surface area contributed by atoms with Crippen LogP contribution in [0.25, 0.3) is 0 Å². The minimum absolute atomic E-state index is 0.424. The molecule has 0 amide bonds. The van der Waals surface area contributed by atoms with Crippen molar-refractivity contribution in [2.24, 2.45) is 0 Å². The monoisotopic (exact) mass is 157 g/mol. The van der Waals surface area contributed by atoms with E-state index >= 15 is 0 Å². The van der Waals surface area contributed by atoms with Crippen LogP contribution in [0.4, 0.5) is 0 Å². The lowest BCUT2D eigenvalue weighted by molar-refractivity contribution is -0.138. The van der Waals surface area contributed by atoms with Crippen molar-refractivity contribution in [2.75, 3.05) is 0 Å².